The molecule has 0 unspecified atom stereocenters. The van der Waals surface area contributed by atoms with Crippen LogP contribution < -0.4 is 0 Å². The third kappa shape index (κ3) is 2.91. The summed E-state index contributed by atoms with van der Waals surface area (Å²) in [7, 11) is -0.407. The van der Waals surface area contributed by atoms with E-state index in [2.05, 4.69) is 0 Å². The number of nitrogens with zero attached hydrogens (tertiary/aromatic N) is 1. The Kier molecular flexibility index (Phi) is 3.71. The maximum atomic E-state index is 10.6. The van der Waals surface area contributed by atoms with Crippen LogP contribution >= 0.6 is 0 Å². The van der Waals surface area contributed by atoms with Crippen LogP contribution in [0.5, 0.6) is 0 Å². The maximum absolute atomic E-state index is 10.6. The zero-order chi connectivity index (χ0) is 15.0. The molecule has 1 fully saturated rings. The smallest absolute Gasteiger partial charge is 0.400 e. The van der Waals surface area contributed by atoms with Gasteiger partial charge in [-0.1, -0.05) is 12.1 Å². The molecule has 0 radical (unpaired) electrons. The van der Waals surface area contributed by atoms with Gasteiger partial charge in [0, 0.05) is 12.1 Å². The van der Waals surface area contributed by atoms with E-state index in [-0.39, 0.29) is 16.9 Å². The molecular weight excluding hydrogens is 257 g/mol. The Hall–Kier alpha value is -1.66. The number of hydrogen-bond donors (Lipinski definition) is 0. The fourth-order valence-electron chi connectivity index (χ4n) is 1.86. The second kappa shape index (κ2) is 5.03. The van der Waals surface area contributed by atoms with Gasteiger partial charge in [-0.25, -0.2) is 0 Å². The molecule has 0 bridgehead atoms. The molecule has 5 nitrogen and oxygen atoms in total. The molecule has 2 rings (SSSR count). The summed E-state index contributed by atoms with van der Waals surface area (Å²) in [5.41, 5.74) is 0.220. The van der Waals surface area contributed by atoms with Crippen molar-refractivity contribution in [2.24, 2.45) is 0 Å². The van der Waals surface area contributed by atoms with Gasteiger partial charge in [-0.2, -0.15) is 0 Å². The first-order valence-corrected chi connectivity index (χ1v) is 6.50. The van der Waals surface area contributed by atoms with Crippen molar-refractivity contribution in [3.05, 3.63) is 45.9 Å². The van der Waals surface area contributed by atoms with Crippen molar-refractivity contribution >= 4 is 18.9 Å². The molecule has 0 saturated carbocycles. The summed E-state index contributed by atoms with van der Waals surface area (Å²) >= 11 is 0. The molecule has 1 aromatic carbocycles. The average molecular weight is 275 g/mol. The Labute approximate surface area is 118 Å². The van der Waals surface area contributed by atoms with Crippen LogP contribution in [-0.2, 0) is 9.31 Å². The zero-order valence-electron chi connectivity index (χ0n) is 12.1. The molecule has 0 aliphatic carbocycles. The summed E-state index contributed by atoms with van der Waals surface area (Å²) in [5.74, 6) is 1.82. The van der Waals surface area contributed by atoms with E-state index in [9.17, 15) is 10.1 Å². The highest BCUT2D eigenvalue weighted by atomic mass is 16.7. The molecule has 0 spiro atoms. The third-order valence-electron chi connectivity index (χ3n) is 3.82. The van der Waals surface area contributed by atoms with Gasteiger partial charge in [-0.05, 0) is 45.4 Å². The standard InChI is InChI=1S/C14H18BNO4/c1-13(2)14(3,4)20-15(19-13)10-9-11-5-7-12(8-6-11)16(17)18/h5-10H,1-4H3/b10-9+. The Morgan fingerprint density at radius 1 is 1.10 bits per heavy atom. The fraction of sp³-hybridized carbons (Fsp3) is 0.429. The van der Waals surface area contributed by atoms with Gasteiger partial charge in [0.15, 0.2) is 0 Å². The molecule has 0 N–H and O–H groups in total. The Morgan fingerprint density at radius 3 is 2.05 bits per heavy atom. The number of non-ortho nitro benzene ring substituents is 1. The normalized spacial score (nSPS) is 20.5. The van der Waals surface area contributed by atoms with Crippen LogP contribution in [0, 0.1) is 10.1 Å². The van der Waals surface area contributed by atoms with Gasteiger partial charge in [0.25, 0.3) is 5.69 Å². The third-order valence-corrected chi connectivity index (χ3v) is 3.82. The summed E-state index contributed by atoms with van der Waals surface area (Å²) in [5, 5.41) is 10.6. The Bertz CT molecular complexity index is 521. The van der Waals surface area contributed by atoms with Gasteiger partial charge in [-0.15, -0.1) is 0 Å². The quantitative estimate of drug-likeness (QED) is 0.482. The van der Waals surface area contributed by atoms with Crippen LogP contribution in [0.15, 0.2) is 30.2 Å². The number of nitro groups is 1. The number of benzene rings is 1. The molecule has 1 heterocycles. The van der Waals surface area contributed by atoms with Gasteiger partial charge >= 0.3 is 7.12 Å². The SMILES string of the molecule is CC1(C)OB(/C=C/c2ccc([N+](=O)[O-])cc2)OC1(C)C. The monoisotopic (exact) mass is 275 g/mol. The lowest BCUT2D eigenvalue weighted by Gasteiger charge is -2.32. The molecular formula is C14H18BNO4. The first-order valence-electron chi connectivity index (χ1n) is 6.50. The molecule has 1 saturated heterocycles. The molecule has 106 valence electrons. The summed E-state index contributed by atoms with van der Waals surface area (Å²) in [6, 6.07) is 6.34. The van der Waals surface area contributed by atoms with Gasteiger partial charge in [0.05, 0.1) is 16.1 Å². The van der Waals surface area contributed by atoms with Crippen molar-refractivity contribution in [2.75, 3.05) is 0 Å². The Balaban J connectivity index is 2.06. The summed E-state index contributed by atoms with van der Waals surface area (Å²) in [6.07, 6.45) is 1.84. The largest absolute Gasteiger partial charge is 0.487 e. The lowest BCUT2D eigenvalue weighted by atomic mass is 9.89. The molecule has 1 aliphatic rings. The summed E-state index contributed by atoms with van der Waals surface area (Å²) in [4.78, 5) is 10.2. The highest BCUT2D eigenvalue weighted by Gasteiger charge is 2.49. The van der Waals surface area contributed by atoms with E-state index >= 15 is 0 Å². The number of nitro benzene ring substituents is 1. The minimum Gasteiger partial charge on any atom is -0.400 e. The number of hydrogen-bond acceptors (Lipinski definition) is 4. The first-order chi connectivity index (χ1) is 9.21. The first kappa shape index (κ1) is 14.7. The van der Waals surface area contributed by atoms with E-state index in [1.165, 1.54) is 12.1 Å². The minimum atomic E-state index is -0.415. The van der Waals surface area contributed by atoms with Crippen LogP contribution in [0.2, 0.25) is 0 Å². The molecule has 0 aromatic heterocycles. The average Bonchev–Trinajstić information content (AvgIpc) is 2.56. The zero-order valence-corrected chi connectivity index (χ0v) is 12.1. The summed E-state index contributed by atoms with van der Waals surface area (Å²) in [6.45, 7) is 7.97. The second-order valence-electron chi connectivity index (χ2n) is 5.83. The van der Waals surface area contributed by atoms with Crippen molar-refractivity contribution in [3.63, 3.8) is 0 Å². The van der Waals surface area contributed by atoms with Gasteiger partial charge in [-0.3, -0.25) is 10.1 Å². The van der Waals surface area contributed by atoms with Crippen molar-refractivity contribution < 1.29 is 14.2 Å². The molecule has 0 amide bonds. The van der Waals surface area contributed by atoms with Gasteiger partial charge in [0.2, 0.25) is 0 Å². The molecule has 20 heavy (non-hydrogen) atoms. The molecule has 0 atom stereocenters. The minimum absolute atomic E-state index is 0.0813. The lowest BCUT2D eigenvalue weighted by Crippen LogP contribution is -2.41. The van der Waals surface area contributed by atoms with E-state index in [0.717, 1.165) is 5.56 Å². The van der Waals surface area contributed by atoms with E-state index in [4.69, 9.17) is 9.31 Å². The second-order valence-corrected chi connectivity index (χ2v) is 5.83. The topological polar surface area (TPSA) is 61.6 Å². The van der Waals surface area contributed by atoms with E-state index < -0.39 is 12.0 Å². The van der Waals surface area contributed by atoms with Gasteiger partial charge in [0.1, 0.15) is 0 Å². The van der Waals surface area contributed by atoms with Crippen LogP contribution in [-0.4, -0.2) is 23.2 Å². The molecule has 1 aliphatic heterocycles. The predicted molar refractivity (Wildman–Crippen MR) is 78.2 cm³/mol. The summed E-state index contributed by atoms with van der Waals surface area (Å²) < 4.78 is 11.7. The van der Waals surface area contributed by atoms with E-state index in [1.807, 2.05) is 39.7 Å². The predicted octanol–water partition coefficient (Wildman–Crippen LogP) is 3.24. The van der Waals surface area contributed by atoms with Crippen LogP contribution in [0.3, 0.4) is 0 Å². The fourth-order valence-corrected chi connectivity index (χ4v) is 1.86. The van der Waals surface area contributed by atoms with Crippen molar-refractivity contribution in [2.45, 2.75) is 38.9 Å². The van der Waals surface area contributed by atoms with Crippen LogP contribution in [0.25, 0.3) is 6.08 Å². The van der Waals surface area contributed by atoms with Crippen LogP contribution in [0.4, 0.5) is 5.69 Å². The number of rotatable bonds is 3. The van der Waals surface area contributed by atoms with E-state index in [0.29, 0.717) is 0 Å². The van der Waals surface area contributed by atoms with Gasteiger partial charge < -0.3 is 9.31 Å². The van der Waals surface area contributed by atoms with Crippen molar-refractivity contribution in [1.82, 2.24) is 0 Å². The van der Waals surface area contributed by atoms with Crippen molar-refractivity contribution in [3.8, 4) is 0 Å². The van der Waals surface area contributed by atoms with Crippen molar-refractivity contribution in [1.29, 1.82) is 0 Å². The maximum Gasteiger partial charge on any atom is 0.487 e. The Morgan fingerprint density at radius 2 is 1.60 bits per heavy atom. The molecule has 6 heteroatoms. The van der Waals surface area contributed by atoms with Crippen LogP contribution in [0.1, 0.15) is 33.3 Å². The highest BCUT2D eigenvalue weighted by Crippen LogP contribution is 2.37. The highest BCUT2D eigenvalue weighted by molar-refractivity contribution is 6.52. The lowest BCUT2D eigenvalue weighted by molar-refractivity contribution is -0.384. The molecule has 1 aromatic rings. The van der Waals surface area contributed by atoms with E-state index in [1.54, 1.807) is 12.1 Å².